The summed E-state index contributed by atoms with van der Waals surface area (Å²) in [6, 6.07) is 2.76. The monoisotopic (exact) mass is 225 g/mol. The average molecular weight is 225 g/mol. The van der Waals surface area contributed by atoms with E-state index in [0.717, 1.165) is 25.6 Å². The van der Waals surface area contributed by atoms with E-state index in [4.69, 9.17) is 10.00 Å². The highest BCUT2D eigenvalue weighted by Gasteiger charge is 2.32. The summed E-state index contributed by atoms with van der Waals surface area (Å²) in [5.74, 6) is 0.827. The van der Waals surface area contributed by atoms with Gasteiger partial charge in [-0.1, -0.05) is 0 Å². The SMILES string of the molecule is CNC(C#N)CN(CCOC)C(C)C1CC1. The Kier molecular flexibility index (Phi) is 5.75. The molecule has 1 aliphatic carbocycles. The maximum absolute atomic E-state index is 8.97. The molecule has 4 heteroatoms. The second kappa shape index (κ2) is 6.85. The van der Waals surface area contributed by atoms with E-state index in [2.05, 4.69) is 23.2 Å². The average Bonchev–Trinajstić information content (AvgIpc) is 3.13. The number of ether oxygens (including phenoxy) is 1. The zero-order valence-electron chi connectivity index (χ0n) is 10.6. The number of nitrogens with zero attached hydrogens (tertiary/aromatic N) is 2. The van der Waals surface area contributed by atoms with Crippen LogP contribution in [0.15, 0.2) is 0 Å². The van der Waals surface area contributed by atoms with Gasteiger partial charge in [-0.25, -0.2) is 0 Å². The Balaban J connectivity index is 2.45. The lowest BCUT2D eigenvalue weighted by atomic mass is 10.1. The van der Waals surface area contributed by atoms with Crippen molar-refractivity contribution < 1.29 is 4.74 Å². The molecule has 0 bridgehead atoms. The van der Waals surface area contributed by atoms with Crippen LogP contribution in [0.5, 0.6) is 0 Å². The van der Waals surface area contributed by atoms with E-state index in [9.17, 15) is 0 Å². The zero-order valence-corrected chi connectivity index (χ0v) is 10.6. The van der Waals surface area contributed by atoms with Crippen molar-refractivity contribution in [3.8, 4) is 6.07 Å². The van der Waals surface area contributed by atoms with E-state index < -0.39 is 0 Å². The van der Waals surface area contributed by atoms with Crippen molar-refractivity contribution >= 4 is 0 Å². The fraction of sp³-hybridized carbons (Fsp3) is 0.917. The molecule has 0 aromatic carbocycles. The van der Waals surface area contributed by atoms with E-state index in [-0.39, 0.29) is 6.04 Å². The van der Waals surface area contributed by atoms with Crippen molar-refractivity contribution in [1.29, 1.82) is 5.26 Å². The molecule has 1 aliphatic rings. The first-order chi connectivity index (χ1) is 7.72. The fourth-order valence-corrected chi connectivity index (χ4v) is 1.98. The van der Waals surface area contributed by atoms with Crippen LogP contribution in [0.4, 0.5) is 0 Å². The van der Waals surface area contributed by atoms with Crippen molar-refractivity contribution in [3.05, 3.63) is 0 Å². The topological polar surface area (TPSA) is 48.3 Å². The summed E-state index contributed by atoms with van der Waals surface area (Å²) < 4.78 is 5.13. The predicted octanol–water partition coefficient (Wildman–Crippen LogP) is 0.845. The van der Waals surface area contributed by atoms with Gasteiger partial charge in [0.2, 0.25) is 0 Å². The number of hydrogen-bond donors (Lipinski definition) is 1. The lowest BCUT2D eigenvalue weighted by molar-refractivity contribution is 0.113. The molecule has 2 atom stereocenters. The summed E-state index contributed by atoms with van der Waals surface area (Å²) >= 11 is 0. The van der Waals surface area contributed by atoms with Crippen LogP contribution in [0.1, 0.15) is 19.8 Å². The molecular weight excluding hydrogens is 202 g/mol. The Hall–Kier alpha value is -0.630. The molecule has 1 N–H and O–H groups in total. The quantitative estimate of drug-likeness (QED) is 0.665. The summed E-state index contributed by atoms with van der Waals surface area (Å²) in [7, 11) is 3.56. The van der Waals surface area contributed by atoms with Crippen molar-refractivity contribution in [3.63, 3.8) is 0 Å². The Morgan fingerprint density at radius 1 is 1.56 bits per heavy atom. The van der Waals surface area contributed by atoms with Crippen LogP contribution in [0, 0.1) is 17.2 Å². The molecular formula is C12H23N3O. The van der Waals surface area contributed by atoms with Gasteiger partial charge in [-0.15, -0.1) is 0 Å². The summed E-state index contributed by atoms with van der Waals surface area (Å²) in [6.45, 7) is 4.69. The molecule has 2 unspecified atom stereocenters. The van der Waals surface area contributed by atoms with E-state index in [1.54, 1.807) is 7.11 Å². The first-order valence-corrected chi connectivity index (χ1v) is 6.02. The molecule has 0 aromatic heterocycles. The summed E-state index contributed by atoms with van der Waals surface area (Å²) in [6.07, 6.45) is 2.67. The third-order valence-corrected chi connectivity index (χ3v) is 3.38. The third-order valence-electron chi connectivity index (χ3n) is 3.38. The van der Waals surface area contributed by atoms with Gasteiger partial charge in [0.25, 0.3) is 0 Å². The largest absolute Gasteiger partial charge is 0.383 e. The Morgan fingerprint density at radius 2 is 2.25 bits per heavy atom. The van der Waals surface area contributed by atoms with E-state index >= 15 is 0 Å². The molecule has 0 aromatic rings. The molecule has 1 rings (SSSR count). The highest BCUT2D eigenvalue weighted by molar-refractivity contribution is 4.94. The van der Waals surface area contributed by atoms with Gasteiger partial charge in [0, 0.05) is 26.2 Å². The van der Waals surface area contributed by atoms with Gasteiger partial charge in [-0.2, -0.15) is 5.26 Å². The highest BCUT2D eigenvalue weighted by Crippen LogP contribution is 2.35. The van der Waals surface area contributed by atoms with Crippen LogP contribution in [-0.2, 0) is 4.74 Å². The lowest BCUT2D eigenvalue weighted by Crippen LogP contribution is -2.45. The third kappa shape index (κ3) is 4.09. The number of rotatable bonds is 8. The molecule has 4 nitrogen and oxygen atoms in total. The van der Waals surface area contributed by atoms with Crippen LogP contribution in [0.3, 0.4) is 0 Å². The van der Waals surface area contributed by atoms with Crippen molar-refractivity contribution in [2.45, 2.75) is 31.8 Å². The predicted molar refractivity (Wildman–Crippen MR) is 64.1 cm³/mol. The van der Waals surface area contributed by atoms with Crippen LogP contribution in [-0.4, -0.2) is 50.8 Å². The molecule has 0 spiro atoms. The Labute approximate surface area is 98.6 Å². The highest BCUT2D eigenvalue weighted by atomic mass is 16.5. The van der Waals surface area contributed by atoms with Crippen LogP contribution in [0.2, 0.25) is 0 Å². The molecule has 0 radical (unpaired) electrons. The molecule has 0 heterocycles. The summed E-state index contributed by atoms with van der Waals surface area (Å²) in [5.41, 5.74) is 0. The van der Waals surface area contributed by atoms with Gasteiger partial charge in [-0.05, 0) is 32.7 Å². The van der Waals surface area contributed by atoms with Crippen LogP contribution in [0.25, 0.3) is 0 Å². The van der Waals surface area contributed by atoms with Gasteiger partial charge in [-0.3, -0.25) is 4.90 Å². The Morgan fingerprint density at radius 3 is 2.69 bits per heavy atom. The summed E-state index contributed by atoms with van der Waals surface area (Å²) in [5, 5.41) is 12.0. The van der Waals surface area contributed by atoms with Crippen molar-refractivity contribution in [2.75, 3.05) is 33.9 Å². The molecule has 0 aliphatic heterocycles. The van der Waals surface area contributed by atoms with Crippen molar-refractivity contribution in [2.24, 2.45) is 5.92 Å². The molecule has 92 valence electrons. The standard InChI is InChI=1S/C12H23N3O/c1-10(11-4-5-11)15(6-7-16-3)9-12(8-13)14-2/h10-12,14H,4-7,9H2,1-3H3. The minimum absolute atomic E-state index is 0.0851. The number of nitriles is 1. The second-order valence-electron chi connectivity index (χ2n) is 4.54. The maximum atomic E-state index is 8.97. The smallest absolute Gasteiger partial charge is 0.108 e. The van der Waals surface area contributed by atoms with E-state index in [1.165, 1.54) is 12.8 Å². The molecule has 0 saturated heterocycles. The lowest BCUT2D eigenvalue weighted by Gasteiger charge is -2.30. The van der Waals surface area contributed by atoms with Gasteiger partial charge in [0.15, 0.2) is 0 Å². The zero-order chi connectivity index (χ0) is 12.0. The molecule has 1 fully saturated rings. The van der Waals surface area contributed by atoms with E-state index in [1.807, 2.05) is 7.05 Å². The minimum atomic E-state index is -0.0851. The van der Waals surface area contributed by atoms with Gasteiger partial charge >= 0.3 is 0 Å². The first-order valence-electron chi connectivity index (χ1n) is 6.02. The summed E-state index contributed by atoms with van der Waals surface area (Å²) in [4.78, 5) is 2.37. The number of likely N-dealkylation sites (N-methyl/N-ethyl adjacent to an activating group) is 1. The molecule has 16 heavy (non-hydrogen) atoms. The molecule has 0 amide bonds. The van der Waals surface area contributed by atoms with Crippen molar-refractivity contribution in [1.82, 2.24) is 10.2 Å². The first kappa shape index (κ1) is 13.4. The van der Waals surface area contributed by atoms with Gasteiger partial charge in [0.05, 0.1) is 12.7 Å². The van der Waals surface area contributed by atoms with Crippen LogP contribution < -0.4 is 5.32 Å². The number of hydrogen-bond acceptors (Lipinski definition) is 4. The van der Waals surface area contributed by atoms with Gasteiger partial charge < -0.3 is 10.1 Å². The number of nitrogens with one attached hydrogen (secondary N) is 1. The normalized spacial score (nSPS) is 19.4. The van der Waals surface area contributed by atoms with Crippen LogP contribution >= 0.6 is 0 Å². The minimum Gasteiger partial charge on any atom is -0.383 e. The fourth-order valence-electron chi connectivity index (χ4n) is 1.98. The maximum Gasteiger partial charge on any atom is 0.108 e. The van der Waals surface area contributed by atoms with Gasteiger partial charge in [0.1, 0.15) is 6.04 Å². The number of methoxy groups -OCH3 is 1. The Bertz CT molecular complexity index is 235. The molecule has 1 saturated carbocycles. The second-order valence-corrected chi connectivity index (χ2v) is 4.54. The van der Waals surface area contributed by atoms with E-state index in [0.29, 0.717) is 6.04 Å².